The van der Waals surface area contributed by atoms with E-state index in [1.807, 2.05) is 6.92 Å². The molecule has 0 amide bonds. The minimum absolute atomic E-state index is 0.104. The van der Waals surface area contributed by atoms with E-state index < -0.39 is 11.6 Å². The van der Waals surface area contributed by atoms with Gasteiger partial charge in [-0.3, -0.25) is 0 Å². The van der Waals surface area contributed by atoms with Gasteiger partial charge in [-0.05, 0) is 12.5 Å². The number of hydrogen-bond acceptors (Lipinski definition) is 3. The first-order valence-electron chi connectivity index (χ1n) is 5.26. The van der Waals surface area contributed by atoms with E-state index in [2.05, 4.69) is 10.2 Å². The second-order valence-corrected chi connectivity index (χ2v) is 3.70. The Hall–Kier alpha value is -1.98. The third kappa shape index (κ3) is 2.11. The van der Waals surface area contributed by atoms with Crippen LogP contribution in [0.1, 0.15) is 13.3 Å². The van der Waals surface area contributed by atoms with Gasteiger partial charge in [0, 0.05) is 12.6 Å². The van der Waals surface area contributed by atoms with Crippen molar-refractivity contribution in [3.05, 3.63) is 30.1 Å². The molecule has 1 aromatic carbocycles. The van der Waals surface area contributed by atoms with Crippen molar-refractivity contribution in [1.82, 2.24) is 14.8 Å². The summed E-state index contributed by atoms with van der Waals surface area (Å²) in [6.45, 7) is 2.65. The van der Waals surface area contributed by atoms with E-state index in [-0.39, 0.29) is 11.3 Å². The average molecular weight is 238 g/mol. The molecule has 0 saturated heterocycles. The summed E-state index contributed by atoms with van der Waals surface area (Å²) < 4.78 is 28.4. The van der Waals surface area contributed by atoms with Crippen LogP contribution in [0.2, 0.25) is 0 Å². The highest BCUT2D eigenvalue weighted by Gasteiger charge is 2.14. The standard InChI is InChI=1S/C11H12F2N4/c1-2-3-17-6-15-16-11(17)7-4-10(14)9(13)5-8(7)12/h4-6H,2-3,14H2,1H3. The third-order valence-corrected chi connectivity index (χ3v) is 2.41. The number of rotatable bonds is 3. The Labute approximate surface area is 97.1 Å². The number of aromatic nitrogens is 3. The van der Waals surface area contributed by atoms with Crippen LogP contribution in [0.4, 0.5) is 14.5 Å². The summed E-state index contributed by atoms with van der Waals surface area (Å²) in [5.74, 6) is -1.11. The number of nitrogen functional groups attached to an aromatic ring is 1. The van der Waals surface area contributed by atoms with Crippen molar-refractivity contribution in [2.24, 2.45) is 0 Å². The van der Waals surface area contributed by atoms with Crippen LogP contribution in [0.15, 0.2) is 18.5 Å². The Kier molecular flexibility index (Phi) is 3.03. The molecule has 0 radical (unpaired) electrons. The number of halogens is 2. The summed E-state index contributed by atoms with van der Waals surface area (Å²) in [5.41, 5.74) is 5.48. The summed E-state index contributed by atoms with van der Waals surface area (Å²) in [5, 5.41) is 7.55. The van der Waals surface area contributed by atoms with E-state index in [0.717, 1.165) is 12.5 Å². The van der Waals surface area contributed by atoms with Crippen LogP contribution in [0, 0.1) is 11.6 Å². The highest BCUT2D eigenvalue weighted by atomic mass is 19.1. The van der Waals surface area contributed by atoms with Gasteiger partial charge in [0.15, 0.2) is 5.82 Å². The maximum absolute atomic E-state index is 13.6. The lowest BCUT2D eigenvalue weighted by molar-refractivity contribution is 0.585. The van der Waals surface area contributed by atoms with Crippen LogP contribution in [0.3, 0.4) is 0 Å². The lowest BCUT2D eigenvalue weighted by Crippen LogP contribution is -2.02. The molecule has 0 unspecified atom stereocenters. The van der Waals surface area contributed by atoms with Crippen molar-refractivity contribution < 1.29 is 8.78 Å². The molecule has 2 N–H and O–H groups in total. The van der Waals surface area contributed by atoms with Crippen molar-refractivity contribution in [3.8, 4) is 11.4 Å². The molecule has 0 aliphatic carbocycles. The van der Waals surface area contributed by atoms with Crippen LogP contribution >= 0.6 is 0 Å². The highest BCUT2D eigenvalue weighted by Crippen LogP contribution is 2.25. The van der Waals surface area contributed by atoms with Crippen molar-refractivity contribution in [1.29, 1.82) is 0 Å². The van der Waals surface area contributed by atoms with Gasteiger partial charge >= 0.3 is 0 Å². The zero-order valence-electron chi connectivity index (χ0n) is 9.32. The van der Waals surface area contributed by atoms with Gasteiger partial charge < -0.3 is 10.3 Å². The van der Waals surface area contributed by atoms with Crippen molar-refractivity contribution >= 4 is 5.69 Å². The van der Waals surface area contributed by atoms with Gasteiger partial charge in [-0.15, -0.1) is 10.2 Å². The van der Waals surface area contributed by atoms with E-state index in [4.69, 9.17) is 5.73 Å². The van der Waals surface area contributed by atoms with E-state index in [9.17, 15) is 8.78 Å². The summed E-state index contributed by atoms with van der Waals surface area (Å²) in [4.78, 5) is 0. The normalized spacial score (nSPS) is 10.8. The molecule has 0 fully saturated rings. The maximum atomic E-state index is 13.6. The SMILES string of the molecule is CCCn1cnnc1-c1cc(N)c(F)cc1F. The largest absolute Gasteiger partial charge is 0.396 e. The molecule has 1 aromatic heterocycles. The second kappa shape index (κ2) is 4.48. The molecule has 0 atom stereocenters. The Morgan fingerprint density at radius 3 is 2.76 bits per heavy atom. The monoisotopic (exact) mass is 238 g/mol. The van der Waals surface area contributed by atoms with Crippen molar-refractivity contribution in [3.63, 3.8) is 0 Å². The lowest BCUT2D eigenvalue weighted by atomic mass is 10.1. The second-order valence-electron chi connectivity index (χ2n) is 3.70. The molecule has 4 nitrogen and oxygen atoms in total. The van der Waals surface area contributed by atoms with E-state index in [1.165, 1.54) is 12.4 Å². The minimum Gasteiger partial charge on any atom is -0.396 e. The molecule has 90 valence electrons. The molecule has 2 aromatic rings. The minimum atomic E-state index is -0.771. The number of hydrogen-bond donors (Lipinski definition) is 1. The van der Waals surface area contributed by atoms with Gasteiger partial charge in [0.1, 0.15) is 18.0 Å². The molecule has 17 heavy (non-hydrogen) atoms. The van der Waals surface area contributed by atoms with Gasteiger partial charge in [0.2, 0.25) is 0 Å². The molecule has 0 saturated carbocycles. The van der Waals surface area contributed by atoms with Crippen LogP contribution in [-0.4, -0.2) is 14.8 Å². The Bertz CT molecular complexity index is 536. The fourth-order valence-corrected chi connectivity index (χ4v) is 1.61. The lowest BCUT2D eigenvalue weighted by Gasteiger charge is -2.07. The van der Waals surface area contributed by atoms with Crippen molar-refractivity contribution in [2.45, 2.75) is 19.9 Å². The number of anilines is 1. The summed E-state index contributed by atoms with van der Waals surface area (Å²) in [6.07, 6.45) is 2.38. The first-order valence-corrected chi connectivity index (χ1v) is 5.26. The summed E-state index contributed by atoms with van der Waals surface area (Å²) >= 11 is 0. The third-order valence-electron chi connectivity index (χ3n) is 2.41. The molecule has 6 heteroatoms. The Balaban J connectivity index is 2.52. The van der Waals surface area contributed by atoms with Crippen LogP contribution in [0.5, 0.6) is 0 Å². The number of aryl methyl sites for hydroxylation is 1. The summed E-state index contributed by atoms with van der Waals surface area (Å²) in [6, 6.07) is 2.00. The number of nitrogens with two attached hydrogens (primary N) is 1. The molecule has 1 heterocycles. The van der Waals surface area contributed by atoms with Gasteiger partial charge in [-0.25, -0.2) is 8.78 Å². The zero-order valence-corrected chi connectivity index (χ0v) is 9.32. The molecule has 0 spiro atoms. The molecular formula is C11H12F2N4. The molecular weight excluding hydrogens is 226 g/mol. The smallest absolute Gasteiger partial charge is 0.166 e. The van der Waals surface area contributed by atoms with E-state index in [1.54, 1.807) is 4.57 Å². The molecule has 0 aliphatic heterocycles. The summed E-state index contributed by atoms with van der Waals surface area (Å²) in [7, 11) is 0. The highest BCUT2D eigenvalue weighted by molar-refractivity contribution is 5.62. The fourth-order valence-electron chi connectivity index (χ4n) is 1.61. The topological polar surface area (TPSA) is 56.7 Å². The molecule has 2 rings (SSSR count). The fraction of sp³-hybridized carbons (Fsp3) is 0.273. The van der Waals surface area contributed by atoms with E-state index >= 15 is 0 Å². The Morgan fingerprint density at radius 1 is 1.29 bits per heavy atom. The van der Waals surface area contributed by atoms with Gasteiger partial charge in [-0.1, -0.05) is 6.92 Å². The number of nitrogens with zero attached hydrogens (tertiary/aromatic N) is 3. The number of benzene rings is 1. The van der Waals surface area contributed by atoms with Crippen LogP contribution < -0.4 is 5.73 Å². The maximum Gasteiger partial charge on any atom is 0.166 e. The first kappa shape index (κ1) is 11.5. The van der Waals surface area contributed by atoms with Gasteiger partial charge in [0.25, 0.3) is 0 Å². The molecule has 0 bridgehead atoms. The van der Waals surface area contributed by atoms with Gasteiger partial charge in [0.05, 0.1) is 11.3 Å². The Morgan fingerprint density at radius 2 is 2.06 bits per heavy atom. The van der Waals surface area contributed by atoms with Gasteiger partial charge in [-0.2, -0.15) is 0 Å². The quantitative estimate of drug-likeness (QED) is 0.834. The van der Waals surface area contributed by atoms with E-state index in [0.29, 0.717) is 12.4 Å². The van der Waals surface area contributed by atoms with Crippen LogP contribution in [-0.2, 0) is 6.54 Å². The zero-order chi connectivity index (χ0) is 12.4. The predicted octanol–water partition coefficient (Wildman–Crippen LogP) is 2.22. The first-order chi connectivity index (χ1) is 8.13. The van der Waals surface area contributed by atoms with Crippen LogP contribution in [0.25, 0.3) is 11.4 Å². The average Bonchev–Trinajstić information content (AvgIpc) is 2.72. The predicted molar refractivity (Wildman–Crippen MR) is 60.1 cm³/mol. The van der Waals surface area contributed by atoms with Crippen molar-refractivity contribution in [2.75, 3.05) is 5.73 Å². The molecule has 0 aliphatic rings.